The van der Waals surface area contributed by atoms with Crippen molar-refractivity contribution in [2.45, 2.75) is 38.3 Å². The highest BCUT2D eigenvalue weighted by atomic mass is 16.3. The summed E-state index contributed by atoms with van der Waals surface area (Å²) in [4.78, 5) is 24.3. The number of nitrogens with one attached hydrogen (secondary N) is 1. The number of carbonyl (C=O) groups excluding carboxylic acids is 2. The van der Waals surface area contributed by atoms with Crippen molar-refractivity contribution in [1.29, 1.82) is 0 Å². The molecule has 122 valence electrons. The smallest absolute Gasteiger partial charge is 0.251 e. The van der Waals surface area contributed by atoms with E-state index >= 15 is 0 Å². The number of nitrogens with two attached hydrogens (primary N) is 1. The van der Waals surface area contributed by atoms with Gasteiger partial charge in [-0.05, 0) is 32.9 Å². The van der Waals surface area contributed by atoms with Gasteiger partial charge in [0.2, 0.25) is 0 Å². The standard InChI is InChI=1S/C16H24N2O4/c1-15(2,9-19)18-14(22)12-6-4-5-11(7-12)13(21)8-16(3,17)10-20/h4-7,19-20H,8-10,17H2,1-3H3,(H,18,22). The Morgan fingerprint density at radius 1 is 1.14 bits per heavy atom. The van der Waals surface area contributed by atoms with Gasteiger partial charge in [-0.25, -0.2) is 0 Å². The molecule has 5 N–H and O–H groups in total. The summed E-state index contributed by atoms with van der Waals surface area (Å²) in [6.07, 6.45) is -0.0172. The number of benzene rings is 1. The lowest BCUT2D eigenvalue weighted by molar-refractivity contribution is 0.0869. The molecule has 1 aromatic carbocycles. The third kappa shape index (κ3) is 5.22. The van der Waals surface area contributed by atoms with Crippen molar-refractivity contribution in [2.75, 3.05) is 13.2 Å². The summed E-state index contributed by atoms with van der Waals surface area (Å²) in [5, 5.41) is 21.0. The van der Waals surface area contributed by atoms with Crippen molar-refractivity contribution < 1.29 is 19.8 Å². The second kappa shape index (κ2) is 7.00. The van der Waals surface area contributed by atoms with E-state index < -0.39 is 11.1 Å². The lowest BCUT2D eigenvalue weighted by Gasteiger charge is -2.23. The minimum absolute atomic E-state index is 0.0172. The van der Waals surface area contributed by atoms with E-state index in [1.165, 1.54) is 6.07 Å². The van der Waals surface area contributed by atoms with Crippen LogP contribution in [0.25, 0.3) is 0 Å². The van der Waals surface area contributed by atoms with Crippen molar-refractivity contribution in [1.82, 2.24) is 5.32 Å². The van der Waals surface area contributed by atoms with Crippen molar-refractivity contribution in [3.8, 4) is 0 Å². The lowest BCUT2D eigenvalue weighted by atomic mass is 9.93. The summed E-state index contributed by atoms with van der Waals surface area (Å²) in [7, 11) is 0. The first kappa shape index (κ1) is 18.3. The van der Waals surface area contributed by atoms with Gasteiger partial charge < -0.3 is 21.3 Å². The van der Waals surface area contributed by atoms with Crippen molar-refractivity contribution in [3.05, 3.63) is 35.4 Å². The average Bonchev–Trinajstić information content (AvgIpc) is 2.46. The predicted octanol–water partition coefficient (Wildman–Crippen LogP) is 0.470. The number of hydrogen-bond acceptors (Lipinski definition) is 5. The summed E-state index contributed by atoms with van der Waals surface area (Å²) < 4.78 is 0. The number of amides is 1. The van der Waals surface area contributed by atoms with E-state index in [0.717, 1.165) is 0 Å². The minimum atomic E-state index is -0.992. The van der Waals surface area contributed by atoms with Crippen LogP contribution in [-0.4, -0.2) is 46.2 Å². The number of ketones is 1. The summed E-state index contributed by atoms with van der Waals surface area (Å²) in [5.74, 6) is -0.610. The highest BCUT2D eigenvalue weighted by Crippen LogP contribution is 2.14. The largest absolute Gasteiger partial charge is 0.394 e. The maximum absolute atomic E-state index is 12.2. The van der Waals surface area contributed by atoms with Gasteiger partial charge in [-0.15, -0.1) is 0 Å². The molecule has 1 aromatic rings. The molecular weight excluding hydrogens is 284 g/mol. The first-order valence-corrected chi connectivity index (χ1v) is 7.06. The molecule has 1 atom stereocenters. The van der Waals surface area contributed by atoms with Gasteiger partial charge in [0.05, 0.1) is 18.8 Å². The van der Waals surface area contributed by atoms with Gasteiger partial charge >= 0.3 is 0 Å². The third-order valence-corrected chi connectivity index (χ3v) is 3.22. The van der Waals surface area contributed by atoms with Gasteiger partial charge in [0, 0.05) is 23.1 Å². The van der Waals surface area contributed by atoms with Gasteiger partial charge in [-0.3, -0.25) is 9.59 Å². The average molecular weight is 308 g/mol. The Balaban J connectivity index is 2.90. The van der Waals surface area contributed by atoms with Gasteiger partial charge in [-0.2, -0.15) is 0 Å². The molecule has 6 nitrogen and oxygen atoms in total. The van der Waals surface area contributed by atoms with Crippen LogP contribution in [-0.2, 0) is 0 Å². The summed E-state index contributed by atoms with van der Waals surface area (Å²) in [5.41, 5.74) is 4.73. The summed E-state index contributed by atoms with van der Waals surface area (Å²) in [6, 6.07) is 6.29. The van der Waals surface area contributed by atoms with Crippen LogP contribution in [0.1, 0.15) is 47.9 Å². The molecule has 0 spiro atoms. The number of carbonyl (C=O) groups is 2. The maximum Gasteiger partial charge on any atom is 0.251 e. The number of aliphatic hydroxyl groups excluding tert-OH is 2. The number of hydrogen-bond donors (Lipinski definition) is 4. The predicted molar refractivity (Wildman–Crippen MR) is 83.7 cm³/mol. The van der Waals surface area contributed by atoms with Crippen LogP contribution in [0.15, 0.2) is 24.3 Å². The molecule has 0 heterocycles. The lowest BCUT2D eigenvalue weighted by Crippen LogP contribution is -2.46. The maximum atomic E-state index is 12.2. The molecule has 0 aliphatic carbocycles. The van der Waals surface area contributed by atoms with Crippen LogP contribution in [0.2, 0.25) is 0 Å². The van der Waals surface area contributed by atoms with Crippen LogP contribution in [0, 0.1) is 0 Å². The quantitative estimate of drug-likeness (QED) is 0.547. The van der Waals surface area contributed by atoms with E-state index in [1.54, 1.807) is 39.0 Å². The first-order chi connectivity index (χ1) is 10.1. The van der Waals surface area contributed by atoms with Crippen molar-refractivity contribution in [3.63, 3.8) is 0 Å². The van der Waals surface area contributed by atoms with Gasteiger partial charge in [-0.1, -0.05) is 12.1 Å². The molecule has 0 aliphatic rings. The molecule has 6 heteroatoms. The molecular formula is C16H24N2O4. The van der Waals surface area contributed by atoms with Crippen molar-refractivity contribution in [2.24, 2.45) is 5.73 Å². The molecule has 1 unspecified atom stereocenters. The second-order valence-corrected chi connectivity index (χ2v) is 6.49. The molecule has 1 amide bonds. The van der Waals surface area contributed by atoms with E-state index in [0.29, 0.717) is 11.1 Å². The fraction of sp³-hybridized carbons (Fsp3) is 0.500. The van der Waals surface area contributed by atoms with Crippen LogP contribution >= 0.6 is 0 Å². The van der Waals surface area contributed by atoms with Gasteiger partial charge in [0.15, 0.2) is 5.78 Å². The van der Waals surface area contributed by atoms with Crippen LogP contribution < -0.4 is 11.1 Å². The number of aliphatic hydroxyl groups is 2. The number of rotatable bonds is 7. The van der Waals surface area contributed by atoms with E-state index in [2.05, 4.69) is 5.32 Å². The zero-order valence-corrected chi connectivity index (χ0v) is 13.2. The molecule has 1 rings (SSSR count). The Morgan fingerprint density at radius 2 is 1.73 bits per heavy atom. The van der Waals surface area contributed by atoms with E-state index in [4.69, 9.17) is 10.8 Å². The second-order valence-electron chi connectivity index (χ2n) is 6.49. The molecule has 0 saturated carbocycles. The minimum Gasteiger partial charge on any atom is -0.394 e. The van der Waals surface area contributed by atoms with E-state index in [1.807, 2.05) is 0 Å². The fourth-order valence-corrected chi connectivity index (χ4v) is 1.78. The zero-order chi connectivity index (χ0) is 17.0. The Bertz CT molecular complexity index is 508. The Labute approximate surface area is 130 Å². The molecule has 0 saturated heterocycles. The molecule has 0 aromatic heterocycles. The highest BCUT2D eigenvalue weighted by molar-refractivity contribution is 6.01. The Morgan fingerprint density at radius 3 is 2.27 bits per heavy atom. The summed E-state index contributed by atoms with van der Waals surface area (Å²) >= 11 is 0. The normalized spacial score (nSPS) is 14.3. The van der Waals surface area contributed by atoms with E-state index in [9.17, 15) is 14.7 Å². The summed E-state index contributed by atoms with van der Waals surface area (Å²) in [6.45, 7) is 4.48. The first-order valence-electron chi connectivity index (χ1n) is 7.06. The van der Waals surface area contributed by atoms with Gasteiger partial charge in [0.25, 0.3) is 5.91 Å². The molecule has 0 aliphatic heterocycles. The third-order valence-electron chi connectivity index (χ3n) is 3.22. The highest BCUT2D eigenvalue weighted by Gasteiger charge is 2.24. The van der Waals surface area contributed by atoms with Crippen LogP contribution in [0.5, 0.6) is 0 Å². The van der Waals surface area contributed by atoms with Crippen LogP contribution in [0.4, 0.5) is 0 Å². The van der Waals surface area contributed by atoms with Crippen molar-refractivity contribution >= 4 is 11.7 Å². The molecule has 22 heavy (non-hydrogen) atoms. The fourth-order valence-electron chi connectivity index (χ4n) is 1.78. The number of Topliss-reactive ketones (excluding diaryl/α,β-unsaturated/α-hetero) is 1. The molecule has 0 bridgehead atoms. The topological polar surface area (TPSA) is 113 Å². The van der Waals surface area contributed by atoms with Gasteiger partial charge in [0.1, 0.15) is 0 Å². The van der Waals surface area contributed by atoms with Crippen LogP contribution in [0.3, 0.4) is 0 Å². The monoisotopic (exact) mass is 308 g/mol. The zero-order valence-electron chi connectivity index (χ0n) is 13.2. The Hall–Kier alpha value is -1.76. The SMILES string of the molecule is CC(N)(CO)CC(=O)c1cccc(C(=O)NC(C)(C)CO)c1. The molecule has 0 radical (unpaired) electrons. The molecule has 0 fully saturated rings. The Kier molecular flexibility index (Phi) is 5.82. The van der Waals surface area contributed by atoms with E-state index in [-0.39, 0.29) is 31.3 Å².